The van der Waals surface area contributed by atoms with E-state index in [2.05, 4.69) is 20.4 Å². The average Bonchev–Trinajstić information content (AvgIpc) is 3.44. The molecule has 1 saturated heterocycles. The van der Waals surface area contributed by atoms with Crippen LogP contribution in [0.1, 0.15) is 19.0 Å². The van der Waals surface area contributed by atoms with E-state index in [0.29, 0.717) is 30.4 Å². The Hall–Kier alpha value is -4.16. The van der Waals surface area contributed by atoms with Crippen molar-refractivity contribution in [1.29, 1.82) is 0 Å². The predicted octanol–water partition coefficient (Wildman–Crippen LogP) is 2.77. The van der Waals surface area contributed by atoms with Gasteiger partial charge in [0.15, 0.2) is 17.5 Å². The van der Waals surface area contributed by atoms with E-state index in [1.807, 2.05) is 18.9 Å². The van der Waals surface area contributed by atoms with Gasteiger partial charge in [-0.1, -0.05) is 0 Å². The van der Waals surface area contributed by atoms with Crippen molar-refractivity contribution in [3.8, 4) is 0 Å². The molecule has 2 aliphatic heterocycles. The SMILES string of the molecule is C[C@H]1Cn2ncc(N3CC(N(C)c4ncccn4)CC3=O)c2CN1C(=O)Nc1cc(F)c(F)c(F)c1. The van der Waals surface area contributed by atoms with E-state index in [0.717, 1.165) is 12.1 Å². The second-order valence-electron chi connectivity index (χ2n) is 8.84. The molecule has 1 aromatic carbocycles. The van der Waals surface area contributed by atoms with Gasteiger partial charge >= 0.3 is 6.03 Å². The van der Waals surface area contributed by atoms with Crippen molar-refractivity contribution < 1.29 is 22.8 Å². The molecule has 10 nitrogen and oxygen atoms in total. The smallest absolute Gasteiger partial charge is 0.322 e. The lowest BCUT2D eigenvalue weighted by molar-refractivity contribution is -0.117. The van der Waals surface area contributed by atoms with Gasteiger partial charge in [0.05, 0.1) is 42.8 Å². The van der Waals surface area contributed by atoms with Crippen molar-refractivity contribution in [3.63, 3.8) is 0 Å². The van der Waals surface area contributed by atoms with Gasteiger partial charge in [-0.25, -0.2) is 27.9 Å². The first-order chi connectivity index (χ1) is 17.2. The Balaban J connectivity index is 1.34. The number of rotatable bonds is 4. The lowest BCUT2D eigenvalue weighted by atomic mass is 10.2. The van der Waals surface area contributed by atoms with Gasteiger partial charge in [0.25, 0.3) is 0 Å². The number of carbonyl (C=O) groups is 2. The van der Waals surface area contributed by atoms with Gasteiger partial charge in [-0.3, -0.25) is 9.48 Å². The molecule has 2 aliphatic rings. The number of aromatic nitrogens is 4. The van der Waals surface area contributed by atoms with Gasteiger partial charge in [0, 0.05) is 50.2 Å². The summed E-state index contributed by atoms with van der Waals surface area (Å²) in [5, 5.41) is 6.83. The number of halogens is 3. The maximum absolute atomic E-state index is 13.6. The highest BCUT2D eigenvalue weighted by molar-refractivity contribution is 5.97. The van der Waals surface area contributed by atoms with E-state index in [-0.39, 0.29) is 36.6 Å². The third kappa shape index (κ3) is 4.20. The summed E-state index contributed by atoms with van der Waals surface area (Å²) in [6, 6.07) is 2.09. The van der Waals surface area contributed by atoms with Crippen LogP contribution in [0.25, 0.3) is 0 Å². The Kier molecular flexibility index (Phi) is 5.98. The first-order valence-corrected chi connectivity index (χ1v) is 11.3. The zero-order chi connectivity index (χ0) is 25.6. The second kappa shape index (κ2) is 9.13. The Morgan fingerprint density at radius 1 is 1.14 bits per heavy atom. The molecule has 0 radical (unpaired) electrons. The van der Waals surface area contributed by atoms with Gasteiger partial charge in [0.1, 0.15) is 0 Å². The van der Waals surface area contributed by atoms with E-state index < -0.39 is 23.5 Å². The number of carbonyl (C=O) groups excluding carboxylic acids is 2. The van der Waals surface area contributed by atoms with Crippen LogP contribution in [0.2, 0.25) is 0 Å². The molecule has 2 aromatic heterocycles. The van der Waals surface area contributed by atoms with E-state index >= 15 is 0 Å². The number of amides is 3. The van der Waals surface area contributed by atoms with Crippen molar-refractivity contribution >= 4 is 29.3 Å². The molecule has 5 rings (SSSR count). The maximum atomic E-state index is 13.6. The summed E-state index contributed by atoms with van der Waals surface area (Å²) >= 11 is 0. The molecule has 1 unspecified atom stereocenters. The molecule has 0 saturated carbocycles. The highest BCUT2D eigenvalue weighted by Gasteiger charge is 2.38. The fourth-order valence-corrected chi connectivity index (χ4v) is 4.52. The minimum atomic E-state index is -1.61. The van der Waals surface area contributed by atoms with Crippen LogP contribution in [-0.2, 0) is 17.9 Å². The number of hydrogen-bond acceptors (Lipinski definition) is 6. The van der Waals surface area contributed by atoms with Gasteiger partial charge in [-0.15, -0.1) is 0 Å². The second-order valence-corrected chi connectivity index (χ2v) is 8.84. The Bertz CT molecular complexity index is 1290. The molecule has 3 aromatic rings. The summed E-state index contributed by atoms with van der Waals surface area (Å²) in [5.41, 5.74) is 1.05. The van der Waals surface area contributed by atoms with Crippen molar-refractivity contribution in [2.24, 2.45) is 0 Å². The maximum Gasteiger partial charge on any atom is 0.322 e. The van der Waals surface area contributed by atoms with E-state index in [9.17, 15) is 22.8 Å². The average molecular weight is 500 g/mol. The number of nitrogens with one attached hydrogen (secondary N) is 1. The topological polar surface area (TPSA) is 99.5 Å². The summed E-state index contributed by atoms with van der Waals surface area (Å²) < 4.78 is 42.2. The molecular formula is C23H23F3N8O2. The Morgan fingerprint density at radius 3 is 2.53 bits per heavy atom. The summed E-state index contributed by atoms with van der Waals surface area (Å²) in [7, 11) is 1.83. The monoisotopic (exact) mass is 500 g/mol. The van der Waals surface area contributed by atoms with Crippen LogP contribution in [0.3, 0.4) is 0 Å². The number of nitrogens with zero attached hydrogens (tertiary/aromatic N) is 7. The number of fused-ring (bicyclic) bond motifs is 1. The van der Waals surface area contributed by atoms with E-state index in [1.54, 1.807) is 34.2 Å². The third-order valence-corrected chi connectivity index (χ3v) is 6.52. The van der Waals surface area contributed by atoms with Crippen LogP contribution in [0.15, 0.2) is 36.8 Å². The summed E-state index contributed by atoms with van der Waals surface area (Å²) in [6.07, 6.45) is 5.14. The molecule has 13 heteroatoms. The number of likely N-dealkylation sites (N-methyl/N-ethyl adjacent to an activating group) is 1. The Morgan fingerprint density at radius 2 is 1.83 bits per heavy atom. The molecule has 36 heavy (non-hydrogen) atoms. The highest BCUT2D eigenvalue weighted by atomic mass is 19.2. The zero-order valence-corrected chi connectivity index (χ0v) is 19.5. The predicted molar refractivity (Wildman–Crippen MR) is 124 cm³/mol. The number of benzene rings is 1. The van der Waals surface area contributed by atoms with E-state index in [1.165, 1.54) is 4.90 Å². The van der Waals surface area contributed by atoms with E-state index in [4.69, 9.17) is 0 Å². The molecule has 188 valence electrons. The molecule has 3 amide bonds. The summed E-state index contributed by atoms with van der Waals surface area (Å²) in [6.45, 7) is 2.67. The van der Waals surface area contributed by atoms with Crippen molar-refractivity contribution in [2.75, 3.05) is 28.7 Å². The standard InChI is InChI=1S/C23H23F3N8O2/c1-13-10-34-19(12-32(13)23(36)30-14-6-16(24)21(26)17(25)7-14)18(9-29-34)33-11-15(8-20(33)35)31(2)22-27-4-3-5-28-22/h3-7,9,13,15H,8,10-12H2,1-2H3,(H,30,36)/t13-,15?/m0/s1. The first-order valence-electron chi connectivity index (χ1n) is 11.3. The molecule has 0 bridgehead atoms. The van der Waals surface area contributed by atoms with Crippen LogP contribution >= 0.6 is 0 Å². The minimum absolute atomic E-state index is 0.0922. The van der Waals surface area contributed by atoms with Gasteiger partial charge in [-0.05, 0) is 13.0 Å². The molecule has 2 atom stereocenters. The minimum Gasteiger partial charge on any atom is -0.339 e. The molecule has 0 spiro atoms. The fourth-order valence-electron chi connectivity index (χ4n) is 4.52. The highest BCUT2D eigenvalue weighted by Crippen LogP contribution is 2.32. The van der Waals surface area contributed by atoms with Gasteiger partial charge in [-0.2, -0.15) is 5.10 Å². The van der Waals surface area contributed by atoms with Gasteiger partial charge in [0.2, 0.25) is 11.9 Å². The molecule has 4 heterocycles. The normalized spacial score (nSPS) is 19.4. The quantitative estimate of drug-likeness (QED) is 0.553. The van der Waals surface area contributed by atoms with Crippen LogP contribution in [0, 0.1) is 17.5 Å². The van der Waals surface area contributed by atoms with Crippen molar-refractivity contribution in [1.82, 2.24) is 24.6 Å². The van der Waals surface area contributed by atoms with Crippen LogP contribution < -0.4 is 15.1 Å². The zero-order valence-electron chi connectivity index (χ0n) is 19.5. The van der Waals surface area contributed by atoms with Crippen LogP contribution in [0.5, 0.6) is 0 Å². The largest absolute Gasteiger partial charge is 0.339 e. The lowest BCUT2D eigenvalue weighted by Gasteiger charge is -2.35. The van der Waals surface area contributed by atoms with Crippen molar-refractivity contribution in [2.45, 2.75) is 38.5 Å². The molecule has 0 aliphatic carbocycles. The molecule has 1 fully saturated rings. The number of urea groups is 1. The Labute approximate surface area is 204 Å². The number of anilines is 3. The summed E-state index contributed by atoms with van der Waals surface area (Å²) in [5.74, 6) is -3.98. The van der Waals surface area contributed by atoms with Gasteiger partial charge < -0.3 is 20.0 Å². The van der Waals surface area contributed by atoms with Crippen LogP contribution in [-0.4, -0.2) is 62.3 Å². The first kappa shape index (κ1) is 23.6. The third-order valence-electron chi connectivity index (χ3n) is 6.52. The number of hydrogen-bond donors (Lipinski definition) is 1. The lowest BCUT2D eigenvalue weighted by Crippen LogP contribution is -2.47. The molecule has 1 N–H and O–H groups in total. The summed E-state index contributed by atoms with van der Waals surface area (Å²) in [4.78, 5) is 39.4. The van der Waals surface area contributed by atoms with Crippen LogP contribution in [0.4, 0.5) is 35.3 Å². The fraction of sp³-hybridized carbons (Fsp3) is 0.348. The van der Waals surface area contributed by atoms with Crippen molar-refractivity contribution in [3.05, 3.63) is 59.9 Å². The molecular weight excluding hydrogens is 477 g/mol.